The van der Waals surface area contributed by atoms with Crippen LogP contribution in [0.4, 0.5) is 0 Å². The lowest BCUT2D eigenvalue weighted by Gasteiger charge is -2.23. The summed E-state index contributed by atoms with van der Waals surface area (Å²) in [5, 5.41) is 0. The molecular formula is C12H13NO2. The van der Waals surface area contributed by atoms with Crippen molar-refractivity contribution in [2.24, 2.45) is 0 Å². The highest BCUT2D eigenvalue weighted by atomic mass is 16.5. The van der Waals surface area contributed by atoms with Crippen LogP contribution in [0.15, 0.2) is 24.4 Å². The zero-order valence-corrected chi connectivity index (χ0v) is 8.86. The zero-order chi connectivity index (χ0) is 10.8. The smallest absolute Gasteiger partial charge is 0.152 e. The van der Waals surface area contributed by atoms with Crippen molar-refractivity contribution < 1.29 is 9.53 Å². The van der Waals surface area contributed by atoms with Crippen LogP contribution in [-0.2, 0) is 11.3 Å². The summed E-state index contributed by atoms with van der Waals surface area (Å²) in [6.07, 6.45) is 2.75. The largest absolute Gasteiger partial charge is 0.497 e. The minimum absolute atomic E-state index is 0.724. The normalized spacial score (nSPS) is 14.3. The van der Waals surface area contributed by atoms with E-state index in [1.807, 2.05) is 36.3 Å². The number of rotatable bonds is 2. The van der Waals surface area contributed by atoms with Gasteiger partial charge in [-0.3, -0.25) is 4.79 Å². The molecule has 3 nitrogen and oxygen atoms in total. The van der Waals surface area contributed by atoms with Crippen molar-refractivity contribution >= 4 is 11.9 Å². The lowest BCUT2D eigenvalue weighted by atomic mass is 9.98. The van der Waals surface area contributed by atoms with Gasteiger partial charge in [-0.15, -0.1) is 0 Å². The van der Waals surface area contributed by atoms with Crippen LogP contribution in [0.3, 0.4) is 0 Å². The van der Waals surface area contributed by atoms with Gasteiger partial charge in [0.15, 0.2) is 6.29 Å². The highest BCUT2D eigenvalue weighted by Crippen LogP contribution is 2.27. The Morgan fingerprint density at radius 1 is 1.47 bits per heavy atom. The molecule has 1 aromatic carbocycles. The molecule has 3 heteroatoms. The van der Waals surface area contributed by atoms with Crippen LogP contribution in [0, 0.1) is 0 Å². The van der Waals surface area contributed by atoms with E-state index in [1.54, 1.807) is 7.11 Å². The summed E-state index contributed by atoms with van der Waals surface area (Å²) < 4.78 is 5.16. The molecule has 1 heterocycles. The predicted octanol–water partition coefficient (Wildman–Crippen LogP) is 1.68. The second-order valence-electron chi connectivity index (χ2n) is 3.64. The fourth-order valence-electron chi connectivity index (χ4n) is 1.82. The van der Waals surface area contributed by atoms with E-state index >= 15 is 0 Å². The lowest BCUT2D eigenvalue weighted by molar-refractivity contribution is -0.103. The molecule has 0 bridgehead atoms. The number of hydrogen-bond donors (Lipinski definition) is 0. The van der Waals surface area contributed by atoms with E-state index in [2.05, 4.69) is 0 Å². The Morgan fingerprint density at radius 2 is 2.27 bits per heavy atom. The van der Waals surface area contributed by atoms with E-state index in [0.717, 1.165) is 35.3 Å². The molecule has 0 saturated heterocycles. The number of carbonyl (C=O) groups excluding carboxylic acids is 1. The quantitative estimate of drug-likeness (QED) is 0.685. The van der Waals surface area contributed by atoms with Gasteiger partial charge in [-0.1, -0.05) is 6.07 Å². The third-order valence-electron chi connectivity index (χ3n) is 2.53. The number of fused-ring (bicyclic) bond motifs is 1. The fraction of sp³-hybridized carbons (Fsp3) is 0.250. The Bertz CT molecular complexity index is 424. The molecule has 15 heavy (non-hydrogen) atoms. The SMILES string of the molecule is COc1ccc2c(c1)CN(C)C=C2C=O. The molecule has 1 aromatic rings. The van der Waals surface area contributed by atoms with Crippen LogP contribution in [0.25, 0.3) is 5.57 Å². The minimum atomic E-state index is 0.724. The molecule has 1 aliphatic heterocycles. The molecule has 1 aliphatic rings. The van der Waals surface area contributed by atoms with Crippen molar-refractivity contribution in [1.82, 2.24) is 4.90 Å². The number of methoxy groups -OCH3 is 1. The van der Waals surface area contributed by atoms with Gasteiger partial charge < -0.3 is 9.64 Å². The highest BCUT2D eigenvalue weighted by molar-refractivity contribution is 6.07. The molecule has 0 atom stereocenters. The van der Waals surface area contributed by atoms with Crippen LogP contribution in [-0.4, -0.2) is 25.3 Å². The summed E-state index contributed by atoms with van der Waals surface area (Å²) in [5.41, 5.74) is 2.85. The van der Waals surface area contributed by atoms with Crippen LogP contribution in [0.1, 0.15) is 11.1 Å². The first-order chi connectivity index (χ1) is 7.24. The van der Waals surface area contributed by atoms with Crippen molar-refractivity contribution in [3.63, 3.8) is 0 Å². The topological polar surface area (TPSA) is 29.5 Å². The van der Waals surface area contributed by atoms with Gasteiger partial charge in [0.1, 0.15) is 5.75 Å². The molecule has 78 valence electrons. The van der Waals surface area contributed by atoms with Crippen LogP contribution >= 0.6 is 0 Å². The molecule has 0 radical (unpaired) electrons. The molecule has 0 N–H and O–H groups in total. The molecule has 0 aliphatic carbocycles. The Balaban J connectivity index is 2.50. The van der Waals surface area contributed by atoms with Crippen molar-refractivity contribution in [2.45, 2.75) is 6.54 Å². The van der Waals surface area contributed by atoms with Crippen molar-refractivity contribution in [3.8, 4) is 5.75 Å². The first-order valence-electron chi connectivity index (χ1n) is 4.79. The molecule has 0 amide bonds. The average Bonchev–Trinajstić information content (AvgIpc) is 2.26. The summed E-state index contributed by atoms with van der Waals surface area (Å²) in [4.78, 5) is 12.9. The summed E-state index contributed by atoms with van der Waals surface area (Å²) in [6, 6.07) is 5.78. The molecule has 0 saturated carbocycles. The summed E-state index contributed by atoms with van der Waals surface area (Å²) >= 11 is 0. The Kier molecular flexibility index (Phi) is 2.46. The molecule has 2 rings (SSSR count). The van der Waals surface area contributed by atoms with Gasteiger partial charge in [-0.25, -0.2) is 0 Å². The second kappa shape index (κ2) is 3.77. The third-order valence-corrected chi connectivity index (χ3v) is 2.53. The zero-order valence-electron chi connectivity index (χ0n) is 8.86. The van der Waals surface area contributed by atoms with Gasteiger partial charge in [-0.05, 0) is 23.3 Å². The Hall–Kier alpha value is -1.77. The van der Waals surface area contributed by atoms with Crippen LogP contribution < -0.4 is 4.74 Å². The van der Waals surface area contributed by atoms with Gasteiger partial charge in [-0.2, -0.15) is 0 Å². The van der Waals surface area contributed by atoms with Crippen molar-refractivity contribution in [3.05, 3.63) is 35.5 Å². The second-order valence-corrected chi connectivity index (χ2v) is 3.64. The van der Waals surface area contributed by atoms with Gasteiger partial charge in [0, 0.05) is 25.4 Å². The Labute approximate surface area is 89.0 Å². The van der Waals surface area contributed by atoms with E-state index in [1.165, 1.54) is 0 Å². The van der Waals surface area contributed by atoms with E-state index in [-0.39, 0.29) is 0 Å². The van der Waals surface area contributed by atoms with Crippen molar-refractivity contribution in [2.75, 3.05) is 14.2 Å². The number of ether oxygens (including phenoxy) is 1. The maximum absolute atomic E-state index is 10.9. The molecular weight excluding hydrogens is 190 g/mol. The van der Waals surface area contributed by atoms with E-state index in [4.69, 9.17) is 4.74 Å². The van der Waals surface area contributed by atoms with Crippen LogP contribution in [0.5, 0.6) is 5.75 Å². The monoisotopic (exact) mass is 203 g/mol. The number of aldehydes is 1. The number of allylic oxidation sites excluding steroid dienone is 1. The van der Waals surface area contributed by atoms with Gasteiger partial charge in [0.05, 0.1) is 7.11 Å². The van der Waals surface area contributed by atoms with E-state index in [0.29, 0.717) is 0 Å². The number of hydrogen-bond acceptors (Lipinski definition) is 3. The number of nitrogens with zero attached hydrogens (tertiary/aromatic N) is 1. The highest BCUT2D eigenvalue weighted by Gasteiger charge is 2.15. The van der Waals surface area contributed by atoms with Gasteiger partial charge in [0.25, 0.3) is 0 Å². The number of benzene rings is 1. The summed E-state index contributed by atoms with van der Waals surface area (Å²) in [5.74, 6) is 0.828. The molecule has 0 spiro atoms. The maximum atomic E-state index is 10.9. The van der Waals surface area contributed by atoms with E-state index < -0.39 is 0 Å². The average molecular weight is 203 g/mol. The fourth-order valence-corrected chi connectivity index (χ4v) is 1.82. The maximum Gasteiger partial charge on any atom is 0.152 e. The molecule has 0 fully saturated rings. The summed E-state index contributed by atoms with van der Waals surface area (Å²) in [7, 11) is 3.59. The third kappa shape index (κ3) is 1.73. The molecule has 0 aromatic heterocycles. The van der Waals surface area contributed by atoms with Crippen molar-refractivity contribution in [1.29, 1.82) is 0 Å². The standard InChI is InChI=1S/C12H13NO2/c1-13-6-9-5-11(15-2)3-4-12(9)10(7-13)8-14/h3-5,7-8H,6H2,1-2H3. The van der Waals surface area contributed by atoms with Crippen LogP contribution in [0.2, 0.25) is 0 Å². The summed E-state index contributed by atoms with van der Waals surface area (Å²) in [6.45, 7) is 0.809. The first kappa shape index (κ1) is 9.77. The van der Waals surface area contributed by atoms with E-state index in [9.17, 15) is 4.79 Å². The number of carbonyl (C=O) groups is 1. The lowest BCUT2D eigenvalue weighted by Crippen LogP contribution is -2.17. The van der Waals surface area contributed by atoms with Gasteiger partial charge in [0.2, 0.25) is 0 Å². The first-order valence-corrected chi connectivity index (χ1v) is 4.79. The minimum Gasteiger partial charge on any atom is -0.497 e. The Morgan fingerprint density at radius 3 is 2.93 bits per heavy atom. The molecule has 0 unspecified atom stereocenters. The van der Waals surface area contributed by atoms with Gasteiger partial charge >= 0.3 is 0 Å². The predicted molar refractivity (Wildman–Crippen MR) is 58.5 cm³/mol.